The molecule has 0 aliphatic rings. The van der Waals surface area contributed by atoms with Crippen molar-refractivity contribution < 1.29 is 9.53 Å². The van der Waals surface area contributed by atoms with Crippen LogP contribution in [-0.2, 0) is 9.53 Å². The van der Waals surface area contributed by atoms with Crippen LogP contribution in [0, 0.1) is 0 Å². The van der Waals surface area contributed by atoms with E-state index in [0.717, 1.165) is 19.5 Å². The smallest absolute Gasteiger partial charge is 0.221 e. The van der Waals surface area contributed by atoms with Crippen molar-refractivity contribution in [2.45, 2.75) is 32.6 Å². The van der Waals surface area contributed by atoms with E-state index < -0.39 is 0 Å². The minimum absolute atomic E-state index is 0.120. The Morgan fingerprint density at radius 1 is 1.20 bits per heavy atom. The summed E-state index contributed by atoms with van der Waals surface area (Å²) in [5.41, 5.74) is 0. The first-order chi connectivity index (χ1) is 7.31. The summed E-state index contributed by atoms with van der Waals surface area (Å²) in [6.07, 6.45) is 3.81. The normalized spacial score (nSPS) is 10.3. The second-order valence-electron chi connectivity index (χ2n) is 3.55. The molecule has 2 N–H and O–H groups in total. The number of hydrogen-bond acceptors (Lipinski definition) is 3. The van der Waals surface area contributed by atoms with Gasteiger partial charge in [-0.2, -0.15) is 0 Å². The molecule has 0 bridgehead atoms. The predicted octanol–water partition coefficient (Wildman–Crippen LogP) is 0.919. The monoisotopic (exact) mass is 216 g/mol. The minimum Gasteiger partial charge on any atom is -0.385 e. The van der Waals surface area contributed by atoms with Crippen LogP contribution in [-0.4, -0.2) is 39.3 Å². The summed E-state index contributed by atoms with van der Waals surface area (Å²) < 4.78 is 4.89. The molecular formula is C11H24N2O2. The maximum atomic E-state index is 11.2. The molecule has 1 amide bonds. The van der Waals surface area contributed by atoms with Crippen LogP contribution in [0.2, 0.25) is 0 Å². The highest BCUT2D eigenvalue weighted by Crippen LogP contribution is 1.84. The van der Waals surface area contributed by atoms with E-state index in [9.17, 15) is 4.79 Å². The number of hydrogen-bond donors (Lipinski definition) is 2. The lowest BCUT2D eigenvalue weighted by Crippen LogP contribution is -2.29. The van der Waals surface area contributed by atoms with Crippen molar-refractivity contribution in [1.29, 1.82) is 0 Å². The van der Waals surface area contributed by atoms with Crippen molar-refractivity contribution in [2.24, 2.45) is 0 Å². The van der Waals surface area contributed by atoms with E-state index in [1.807, 2.05) is 0 Å². The second kappa shape index (κ2) is 11.5. The minimum atomic E-state index is 0.120. The Kier molecular flexibility index (Phi) is 11.0. The summed E-state index contributed by atoms with van der Waals surface area (Å²) >= 11 is 0. The summed E-state index contributed by atoms with van der Waals surface area (Å²) in [7, 11) is 1.67. The predicted molar refractivity (Wildman–Crippen MR) is 61.9 cm³/mol. The van der Waals surface area contributed by atoms with Crippen LogP contribution in [0.1, 0.15) is 32.6 Å². The Hall–Kier alpha value is -0.610. The second-order valence-corrected chi connectivity index (χ2v) is 3.55. The Bertz CT molecular complexity index is 152. The van der Waals surface area contributed by atoms with Crippen molar-refractivity contribution >= 4 is 5.91 Å². The van der Waals surface area contributed by atoms with E-state index in [0.29, 0.717) is 19.6 Å². The zero-order valence-corrected chi connectivity index (χ0v) is 9.97. The first-order valence-corrected chi connectivity index (χ1v) is 5.77. The van der Waals surface area contributed by atoms with Gasteiger partial charge < -0.3 is 15.4 Å². The molecule has 15 heavy (non-hydrogen) atoms. The van der Waals surface area contributed by atoms with E-state index in [-0.39, 0.29) is 5.91 Å². The van der Waals surface area contributed by atoms with Gasteiger partial charge in [-0.3, -0.25) is 4.79 Å². The van der Waals surface area contributed by atoms with Crippen LogP contribution in [0.15, 0.2) is 0 Å². The molecule has 4 nitrogen and oxygen atoms in total. The fraction of sp³-hybridized carbons (Fsp3) is 0.909. The fourth-order valence-electron chi connectivity index (χ4n) is 1.16. The number of rotatable bonds is 10. The third-order valence-corrected chi connectivity index (χ3v) is 2.08. The van der Waals surface area contributed by atoms with E-state index in [1.54, 1.807) is 7.11 Å². The Morgan fingerprint density at radius 3 is 2.67 bits per heavy atom. The largest absolute Gasteiger partial charge is 0.385 e. The number of ether oxygens (including phenoxy) is 1. The molecule has 0 saturated heterocycles. The average molecular weight is 216 g/mol. The van der Waals surface area contributed by atoms with Crippen LogP contribution in [0.25, 0.3) is 0 Å². The molecule has 0 unspecified atom stereocenters. The molecule has 0 aliphatic heterocycles. The van der Waals surface area contributed by atoms with Gasteiger partial charge in [0.2, 0.25) is 5.91 Å². The lowest BCUT2D eigenvalue weighted by molar-refractivity contribution is -0.121. The number of carbonyl (C=O) groups excluding carboxylic acids is 1. The molecule has 0 spiro atoms. The van der Waals surface area contributed by atoms with Gasteiger partial charge in [-0.15, -0.1) is 0 Å². The third kappa shape index (κ3) is 11.3. The number of amides is 1. The lowest BCUT2D eigenvalue weighted by Gasteiger charge is -2.05. The molecule has 0 heterocycles. The highest BCUT2D eigenvalue weighted by molar-refractivity contribution is 5.75. The van der Waals surface area contributed by atoms with Gasteiger partial charge in [0.25, 0.3) is 0 Å². The molecule has 0 aromatic rings. The van der Waals surface area contributed by atoms with Crippen LogP contribution in [0.5, 0.6) is 0 Å². The topological polar surface area (TPSA) is 50.4 Å². The Morgan fingerprint density at radius 2 is 2.00 bits per heavy atom. The van der Waals surface area contributed by atoms with Crippen LogP contribution in [0.4, 0.5) is 0 Å². The standard InChI is InChI=1S/C11H24N2O2/c1-3-4-7-12-9-6-11(14)13-8-5-10-15-2/h12H,3-10H2,1-2H3,(H,13,14). The number of nitrogens with one attached hydrogen (secondary N) is 2. The highest BCUT2D eigenvalue weighted by atomic mass is 16.5. The average Bonchev–Trinajstić information content (AvgIpc) is 2.24. The highest BCUT2D eigenvalue weighted by Gasteiger charge is 1.98. The Labute approximate surface area is 92.8 Å². The zero-order chi connectivity index (χ0) is 11.4. The summed E-state index contributed by atoms with van der Waals surface area (Å²) in [4.78, 5) is 11.2. The van der Waals surface area contributed by atoms with E-state index in [1.165, 1.54) is 12.8 Å². The molecule has 0 atom stereocenters. The van der Waals surface area contributed by atoms with Crippen LogP contribution < -0.4 is 10.6 Å². The molecule has 0 fully saturated rings. The van der Waals surface area contributed by atoms with Gasteiger partial charge in [0, 0.05) is 33.2 Å². The van der Waals surface area contributed by atoms with E-state index in [2.05, 4.69) is 17.6 Å². The third-order valence-electron chi connectivity index (χ3n) is 2.08. The van der Waals surface area contributed by atoms with Gasteiger partial charge >= 0.3 is 0 Å². The van der Waals surface area contributed by atoms with Gasteiger partial charge in [-0.25, -0.2) is 0 Å². The summed E-state index contributed by atoms with van der Waals surface area (Å²) in [6.45, 7) is 5.35. The molecule has 4 heteroatoms. The first kappa shape index (κ1) is 14.4. The van der Waals surface area contributed by atoms with Gasteiger partial charge in [0.05, 0.1) is 0 Å². The molecule has 0 rings (SSSR count). The van der Waals surface area contributed by atoms with Crippen LogP contribution >= 0.6 is 0 Å². The fourth-order valence-corrected chi connectivity index (χ4v) is 1.16. The van der Waals surface area contributed by atoms with Gasteiger partial charge in [-0.1, -0.05) is 13.3 Å². The van der Waals surface area contributed by atoms with Crippen molar-refractivity contribution in [1.82, 2.24) is 10.6 Å². The van der Waals surface area contributed by atoms with Crippen molar-refractivity contribution in [2.75, 3.05) is 33.4 Å². The number of methoxy groups -OCH3 is 1. The molecule has 90 valence electrons. The quantitative estimate of drug-likeness (QED) is 0.534. The Balaban J connectivity index is 3.11. The summed E-state index contributed by atoms with van der Waals surface area (Å²) in [5.74, 6) is 0.120. The van der Waals surface area contributed by atoms with Crippen LogP contribution in [0.3, 0.4) is 0 Å². The molecular weight excluding hydrogens is 192 g/mol. The molecule has 0 aromatic carbocycles. The lowest BCUT2D eigenvalue weighted by atomic mass is 10.3. The maximum Gasteiger partial charge on any atom is 0.221 e. The maximum absolute atomic E-state index is 11.2. The van der Waals surface area contributed by atoms with Gasteiger partial charge in [0.15, 0.2) is 0 Å². The first-order valence-electron chi connectivity index (χ1n) is 5.77. The molecule has 0 radical (unpaired) electrons. The van der Waals surface area contributed by atoms with Crippen molar-refractivity contribution in [3.05, 3.63) is 0 Å². The van der Waals surface area contributed by atoms with Gasteiger partial charge in [0.1, 0.15) is 0 Å². The molecule has 0 aromatic heterocycles. The number of carbonyl (C=O) groups is 1. The molecule has 0 aliphatic carbocycles. The van der Waals surface area contributed by atoms with E-state index in [4.69, 9.17) is 4.74 Å². The van der Waals surface area contributed by atoms with Crippen molar-refractivity contribution in [3.63, 3.8) is 0 Å². The zero-order valence-electron chi connectivity index (χ0n) is 9.97. The summed E-state index contributed by atoms with van der Waals surface area (Å²) in [6, 6.07) is 0. The number of unbranched alkanes of at least 4 members (excludes halogenated alkanes) is 1. The SMILES string of the molecule is CCCCNCCC(=O)NCCCOC. The van der Waals surface area contributed by atoms with Crippen molar-refractivity contribution in [3.8, 4) is 0 Å². The van der Waals surface area contributed by atoms with E-state index >= 15 is 0 Å². The summed E-state index contributed by atoms with van der Waals surface area (Å²) in [5, 5.41) is 6.08. The molecule has 0 saturated carbocycles. The van der Waals surface area contributed by atoms with Gasteiger partial charge in [-0.05, 0) is 19.4 Å².